The number of carbonyl (C=O) groups is 2. The van der Waals surface area contributed by atoms with Gasteiger partial charge in [-0.1, -0.05) is 12.1 Å². The molecule has 1 aliphatic heterocycles. The summed E-state index contributed by atoms with van der Waals surface area (Å²) in [6, 6.07) is 6.70. The fourth-order valence-electron chi connectivity index (χ4n) is 1.24. The summed E-state index contributed by atoms with van der Waals surface area (Å²) in [4.78, 5) is 23.4. The number of amides is 2. The predicted octanol–water partition coefficient (Wildman–Crippen LogP) is 1.07. The molecule has 0 N–H and O–H groups in total. The molecular weight excluding hydrogens is 421 g/mol. The molecular formula is C9H6NO2Rf-. The van der Waals surface area contributed by atoms with Gasteiger partial charge in [-0.15, -0.1) is 0 Å². The van der Waals surface area contributed by atoms with Gasteiger partial charge in [0.15, 0.2) is 0 Å². The second kappa shape index (κ2) is 2.44. The van der Waals surface area contributed by atoms with Crippen molar-refractivity contribution in [3.05, 3.63) is 42.4 Å². The van der Waals surface area contributed by atoms with E-state index in [1.54, 1.807) is 24.3 Å². The normalized spacial score (nSPS) is 14.1. The van der Waals surface area contributed by atoms with E-state index in [4.69, 9.17) is 0 Å². The largest absolute Gasteiger partial charge is 0.430 e. The van der Waals surface area contributed by atoms with Crippen LogP contribution in [0.5, 0.6) is 0 Å². The number of rotatable bonds is 0. The molecule has 2 amide bonds. The molecule has 1 aromatic rings. The molecule has 0 fully saturated rings. The molecule has 3 nitrogen and oxygen atoms in total. The topological polar surface area (TPSA) is 37.4 Å². The van der Waals surface area contributed by atoms with Crippen molar-refractivity contribution in [2.45, 2.75) is 0 Å². The molecule has 0 unspecified atom stereocenters. The molecule has 1 aromatic carbocycles. The maximum Gasteiger partial charge on any atom is 0.231 e. The van der Waals surface area contributed by atoms with Gasteiger partial charge in [-0.2, -0.15) is 0 Å². The molecule has 0 saturated carbocycles. The Morgan fingerprint density at radius 1 is 1.00 bits per heavy atom. The van der Waals surface area contributed by atoms with Gasteiger partial charge >= 0.3 is 0 Å². The summed E-state index contributed by atoms with van der Waals surface area (Å²) in [7, 11) is 3.35. The Bertz CT molecular complexity index is 341. The van der Waals surface area contributed by atoms with E-state index in [-0.39, 0.29) is 11.8 Å². The van der Waals surface area contributed by atoms with Crippen molar-refractivity contribution in [2.24, 2.45) is 0 Å². The Kier molecular flexibility index (Phi) is 1.59. The Hall–Kier alpha value is -2.64. The number of hydrogen-bond donors (Lipinski definition) is 0. The van der Waals surface area contributed by atoms with Gasteiger partial charge in [0.2, 0.25) is 11.8 Å². The summed E-state index contributed by atoms with van der Waals surface area (Å²) in [5, 5.41) is 0. The van der Waals surface area contributed by atoms with E-state index in [1.807, 2.05) is 0 Å². The molecule has 0 saturated heterocycles. The zero-order chi connectivity index (χ0) is 8.72. The van der Waals surface area contributed by atoms with E-state index in [2.05, 4.69) is 7.05 Å². The third kappa shape index (κ3) is 0.854. The zero-order valence-corrected chi connectivity index (χ0v) is 13.4. The Morgan fingerprint density at radius 3 is 1.77 bits per heavy atom. The van der Waals surface area contributed by atoms with Gasteiger partial charge < -0.3 is 4.90 Å². The van der Waals surface area contributed by atoms with E-state index in [0.29, 0.717) is 11.1 Å². The third-order valence-corrected chi connectivity index (χ3v) is 1.88. The van der Waals surface area contributed by atoms with Crippen LogP contribution in [0.25, 0.3) is 0 Å². The minimum absolute atomic E-state index is 0. The van der Waals surface area contributed by atoms with Crippen LogP contribution in [-0.4, -0.2) is 16.7 Å². The van der Waals surface area contributed by atoms with E-state index in [0.717, 1.165) is 4.90 Å². The second-order valence-electron chi connectivity index (χ2n) is 2.58. The molecule has 4 heteroatoms. The summed E-state index contributed by atoms with van der Waals surface area (Å²) in [5.41, 5.74) is 0.884. The van der Waals surface area contributed by atoms with Gasteiger partial charge in [-0.3, -0.25) is 9.59 Å². The van der Waals surface area contributed by atoms with Crippen molar-refractivity contribution in [1.82, 2.24) is 4.90 Å². The summed E-state index contributed by atoms with van der Waals surface area (Å²) >= 11 is 0. The van der Waals surface area contributed by atoms with Crippen LogP contribution < -0.4 is 0 Å². The zero-order valence-electron chi connectivity index (χ0n) is 6.99. The smallest absolute Gasteiger partial charge is 0.231 e. The average Bonchev–Trinajstić information content (AvgIpc) is 2.33. The molecule has 0 radical (unpaired) electrons. The van der Waals surface area contributed by atoms with Gasteiger partial charge in [-0.25, -0.2) is 7.05 Å². The van der Waals surface area contributed by atoms with Gasteiger partial charge in [0.05, 0.1) is 0 Å². The van der Waals surface area contributed by atoms with E-state index < -0.39 is 0 Å². The van der Waals surface area contributed by atoms with E-state index in [1.165, 1.54) is 0 Å². The second-order valence-corrected chi connectivity index (χ2v) is 2.58. The fourth-order valence-corrected chi connectivity index (χ4v) is 1.24. The van der Waals surface area contributed by atoms with Gasteiger partial charge in [0.1, 0.15) is 0 Å². The fraction of sp³-hybridized carbons (Fsp3) is 0. The minimum Gasteiger partial charge on any atom is -0.430 e. The van der Waals surface area contributed by atoms with Crippen LogP contribution >= 0.6 is 0 Å². The van der Waals surface area contributed by atoms with Crippen molar-refractivity contribution < 1.29 is 9.59 Å². The number of carbonyl (C=O) groups excluding carboxylic acids is 2. The molecule has 13 heavy (non-hydrogen) atoms. The molecule has 0 bridgehead atoms. The van der Waals surface area contributed by atoms with Gasteiger partial charge in [-0.05, 0) is 12.1 Å². The minimum atomic E-state index is -0.324. The summed E-state index contributed by atoms with van der Waals surface area (Å²) in [5.74, 6) is -0.647. The number of fused-ring (bicyclic) bond motifs is 1. The number of hydrogen-bond acceptors (Lipinski definition) is 2. The molecule has 1 aliphatic rings. The van der Waals surface area contributed by atoms with Crippen LogP contribution in [0, 0.1) is 7.05 Å². The molecule has 0 aliphatic carbocycles. The SMILES string of the molecule is [CH2-]N1C(=O)c2ccccc2C1=O.[Rf]. The first-order valence-electron chi connectivity index (χ1n) is 3.50. The molecule has 1 heterocycles. The Labute approximate surface area is 69.6 Å². The molecule has 0 aromatic heterocycles. The Balaban J connectivity index is 0.000000845. The van der Waals surface area contributed by atoms with Crippen molar-refractivity contribution in [3.63, 3.8) is 0 Å². The Morgan fingerprint density at radius 2 is 1.38 bits per heavy atom. The van der Waals surface area contributed by atoms with Crippen molar-refractivity contribution in [2.75, 3.05) is 0 Å². The molecule has 2 rings (SSSR count). The number of nitrogens with zero attached hydrogens (tertiary/aromatic N) is 1. The average molecular weight is 427 g/mol. The summed E-state index contributed by atoms with van der Waals surface area (Å²) in [6.45, 7) is 0. The molecule has 0 spiro atoms. The first-order valence-corrected chi connectivity index (χ1v) is 3.50. The van der Waals surface area contributed by atoms with Gasteiger partial charge in [0.25, 0.3) is 0 Å². The third-order valence-electron chi connectivity index (χ3n) is 1.88. The van der Waals surface area contributed by atoms with Crippen molar-refractivity contribution in [3.8, 4) is 0 Å². The monoisotopic (exact) mass is 427 g/mol. The maximum absolute atomic E-state index is 11.2. The van der Waals surface area contributed by atoms with E-state index >= 15 is 0 Å². The molecule has 0 atom stereocenters. The van der Waals surface area contributed by atoms with Crippen molar-refractivity contribution in [1.29, 1.82) is 0 Å². The first kappa shape index (κ1) is 8.46. The van der Waals surface area contributed by atoms with Crippen LogP contribution in [0.2, 0.25) is 0 Å². The van der Waals surface area contributed by atoms with Crippen LogP contribution in [0.1, 0.15) is 20.7 Å². The van der Waals surface area contributed by atoms with Crippen molar-refractivity contribution >= 4 is 11.8 Å². The standard InChI is InChI=1S/C9H6NO2.Rf/c1-10-8(11)6-4-2-3-5-7(6)9(10)12;/h2-5H,1H2;/q-1;. The van der Waals surface area contributed by atoms with Crippen LogP contribution in [0.4, 0.5) is 0 Å². The summed E-state index contributed by atoms with van der Waals surface area (Å²) < 4.78 is 0. The maximum atomic E-state index is 11.2. The van der Waals surface area contributed by atoms with E-state index in [9.17, 15) is 9.59 Å². The molecule has 62 valence electrons. The van der Waals surface area contributed by atoms with Crippen LogP contribution in [0.15, 0.2) is 24.3 Å². The number of benzene rings is 1. The van der Waals surface area contributed by atoms with Crippen LogP contribution in [-0.2, 0) is 0 Å². The number of imide groups is 1. The van der Waals surface area contributed by atoms with Gasteiger partial charge in [0, 0.05) is 11.1 Å². The van der Waals surface area contributed by atoms with Crippen LogP contribution in [0.3, 0.4) is 0 Å². The quantitative estimate of drug-likeness (QED) is 0.459. The first-order chi connectivity index (χ1) is 5.72. The predicted molar refractivity (Wildman–Crippen MR) is 42.3 cm³/mol. The summed E-state index contributed by atoms with van der Waals surface area (Å²) in [6.07, 6.45) is 0.